The van der Waals surface area contributed by atoms with Crippen LogP contribution in [0.15, 0.2) is 52.9 Å². The van der Waals surface area contributed by atoms with Crippen molar-refractivity contribution in [2.45, 2.75) is 109 Å². The molecule has 1 aliphatic heterocycles. The van der Waals surface area contributed by atoms with Gasteiger partial charge in [-0.2, -0.15) is 14.9 Å². The topological polar surface area (TPSA) is 186 Å². The van der Waals surface area contributed by atoms with E-state index < -0.39 is 55.2 Å². The number of esters is 2. The third-order valence-corrected chi connectivity index (χ3v) is 11.2. The molecule has 3 radical (unpaired) electrons. The molecule has 0 spiro atoms. The number of rotatable bonds is 17. The number of nitrogens with zero attached hydrogens (tertiary/aromatic N) is 3. The van der Waals surface area contributed by atoms with Crippen LogP contribution in [0.4, 0.5) is 0 Å². The Morgan fingerprint density at radius 3 is 1.78 bits per heavy atom. The van der Waals surface area contributed by atoms with Crippen LogP contribution in [0.1, 0.15) is 113 Å². The molecule has 0 aliphatic carbocycles. The van der Waals surface area contributed by atoms with E-state index in [4.69, 9.17) is 23.7 Å². The molecule has 1 fully saturated rings. The smallest absolute Gasteiger partial charge is 1.00 e. The monoisotopic (exact) mass is 865 g/mol. The Balaban J connectivity index is -0.000000924. The van der Waals surface area contributed by atoms with Gasteiger partial charge in [0.1, 0.15) is 34.3 Å². The number of nitrogens with one attached hydrogen (secondary N) is 1. The largest absolute Gasteiger partial charge is 1.00 e. The molecule has 2 aromatic carbocycles. The maximum atomic E-state index is 12.6. The fourth-order valence-electron chi connectivity index (χ4n) is 4.82. The Labute approximate surface area is 383 Å². The van der Waals surface area contributed by atoms with Crippen molar-refractivity contribution in [1.82, 2.24) is 4.72 Å². The standard InChI is InChI=1S/C19H28N2O4S.C19H26N2O4S.C4H8O.B.Na.H/c2*1-6-25-18(22)15(13-20)10-11-17(21-26(23)19(2,3)4)14-8-7-9-16(12-14)24-5;1-2-4-5-3-1;;;/h7-9,12,15,17,21H,6,10-11H2,1-5H3;7-9,12,15H,6,10-11H2,1-5H3;1-4H2;;;/q;;;;+1;-1/t15?,17-,26-;15?,26-;;;;/m11..../s1. The molecule has 0 aromatic heterocycles. The maximum absolute atomic E-state index is 12.6. The zero-order valence-corrected chi connectivity index (χ0v) is 40.5. The molecule has 1 N–H and O–H groups in total. The second kappa shape index (κ2) is 30.9. The zero-order valence-electron chi connectivity index (χ0n) is 37.8. The molecule has 17 heteroatoms. The molecule has 59 heavy (non-hydrogen) atoms. The molecule has 1 saturated heterocycles. The summed E-state index contributed by atoms with van der Waals surface area (Å²) in [5.41, 5.74) is 2.21. The molecule has 1 aliphatic rings. The van der Waals surface area contributed by atoms with Gasteiger partial charge in [-0.3, -0.25) is 9.59 Å². The average molecular weight is 866 g/mol. The van der Waals surface area contributed by atoms with Crippen molar-refractivity contribution < 1.29 is 72.7 Å². The molecule has 0 saturated carbocycles. The van der Waals surface area contributed by atoms with Gasteiger partial charge in [0.25, 0.3) is 0 Å². The van der Waals surface area contributed by atoms with Gasteiger partial charge in [-0.15, -0.1) is 0 Å². The Morgan fingerprint density at radius 1 is 0.831 bits per heavy atom. The first-order chi connectivity index (χ1) is 26.9. The summed E-state index contributed by atoms with van der Waals surface area (Å²) >= 11 is 0. The Morgan fingerprint density at radius 2 is 1.34 bits per heavy atom. The van der Waals surface area contributed by atoms with E-state index in [2.05, 4.69) is 9.12 Å². The first-order valence-corrected chi connectivity index (χ1v) is 21.4. The van der Waals surface area contributed by atoms with Crippen molar-refractivity contribution in [2.75, 3.05) is 40.6 Å². The molecule has 0 bridgehead atoms. The number of benzene rings is 2. The van der Waals surface area contributed by atoms with Crippen LogP contribution in [-0.4, -0.2) is 84.6 Å². The Kier molecular flexibility index (Phi) is 30.3. The summed E-state index contributed by atoms with van der Waals surface area (Å²) in [6.45, 7) is 17.0. The number of hydrogen-bond donors (Lipinski definition) is 1. The van der Waals surface area contributed by atoms with Gasteiger partial charge in [-0.05, 0) is 124 Å². The Bertz CT molecular complexity index is 1720. The van der Waals surface area contributed by atoms with Crippen molar-refractivity contribution in [2.24, 2.45) is 16.2 Å². The first kappa shape index (κ1) is 58.0. The zero-order chi connectivity index (χ0) is 43.0. The molecule has 2 aromatic rings. The number of methoxy groups -OCH3 is 2. The van der Waals surface area contributed by atoms with Crippen LogP contribution in [0.2, 0.25) is 0 Å². The second-order valence-electron chi connectivity index (χ2n) is 14.8. The second-order valence-corrected chi connectivity index (χ2v) is 18.7. The summed E-state index contributed by atoms with van der Waals surface area (Å²) in [6, 6.07) is 18.4. The minimum atomic E-state index is -1.46. The summed E-state index contributed by atoms with van der Waals surface area (Å²) < 4.78 is 56.9. The normalized spacial score (nSPS) is 14.8. The predicted octanol–water partition coefficient (Wildman–Crippen LogP) is 4.23. The molecule has 0 amide bonds. The van der Waals surface area contributed by atoms with Crippen LogP contribution in [0.5, 0.6) is 11.5 Å². The van der Waals surface area contributed by atoms with Gasteiger partial charge in [-0.25, -0.2) is 13.1 Å². The van der Waals surface area contributed by atoms with E-state index in [1.165, 1.54) is 12.8 Å². The van der Waals surface area contributed by atoms with Crippen molar-refractivity contribution in [3.05, 3.63) is 59.7 Å². The van der Waals surface area contributed by atoms with Crippen molar-refractivity contribution in [3.8, 4) is 23.6 Å². The number of ether oxygens (including phenoxy) is 5. The van der Waals surface area contributed by atoms with Crippen LogP contribution in [0.3, 0.4) is 0 Å². The van der Waals surface area contributed by atoms with Gasteiger partial charge in [0.15, 0.2) is 0 Å². The molecule has 321 valence electrons. The SMILES string of the molecule is C1CCOC1.CCOC(=O)C(C#N)CCC(=N[S@](=O)C(C)(C)C)c1cccc(OC)c1.CCOC(=O)C(C#N)CC[C@@H](N[S@](=O)C(C)(C)C)c1cccc(OC)c1.[B].[H-].[Na+]. The summed E-state index contributed by atoms with van der Waals surface area (Å²) in [7, 11) is 0.394. The van der Waals surface area contributed by atoms with Crippen molar-refractivity contribution >= 4 is 48.0 Å². The van der Waals surface area contributed by atoms with Crippen LogP contribution in [0, 0.1) is 34.5 Å². The molecule has 3 rings (SSSR count). The van der Waals surface area contributed by atoms with Gasteiger partial charge in [0.2, 0.25) is 0 Å². The van der Waals surface area contributed by atoms with E-state index in [1.54, 1.807) is 40.2 Å². The first-order valence-electron chi connectivity index (χ1n) is 19.1. The molecule has 13 nitrogen and oxygen atoms in total. The number of nitriles is 2. The summed E-state index contributed by atoms with van der Waals surface area (Å²) in [4.78, 5) is 23.7. The number of hydrogen-bond acceptors (Lipinski definition) is 11. The average Bonchev–Trinajstić information content (AvgIpc) is 3.78. The van der Waals surface area contributed by atoms with E-state index in [1.807, 2.05) is 90.1 Å². The fraction of sp³-hybridized carbons (Fsp3) is 0.595. The van der Waals surface area contributed by atoms with Gasteiger partial charge >= 0.3 is 41.5 Å². The van der Waals surface area contributed by atoms with E-state index in [9.17, 15) is 28.5 Å². The molecular formula is C42H63BN4NaO9S2. The third kappa shape index (κ3) is 22.9. The summed E-state index contributed by atoms with van der Waals surface area (Å²) in [6.07, 6.45) is 3.90. The van der Waals surface area contributed by atoms with Crippen LogP contribution in [0.25, 0.3) is 0 Å². The quantitative estimate of drug-likeness (QED) is 0.136. The molecular weight excluding hydrogens is 802 g/mol. The van der Waals surface area contributed by atoms with E-state index in [0.717, 1.165) is 24.3 Å². The third-order valence-electron chi connectivity index (χ3n) is 8.12. The van der Waals surface area contributed by atoms with Gasteiger partial charge in [0, 0.05) is 33.2 Å². The fourth-order valence-corrected chi connectivity index (χ4v) is 6.36. The van der Waals surface area contributed by atoms with Gasteiger partial charge in [0.05, 0.1) is 65.8 Å². The minimum Gasteiger partial charge on any atom is -1.00 e. The molecule has 2 unspecified atom stereocenters. The van der Waals surface area contributed by atoms with E-state index in [0.29, 0.717) is 36.5 Å². The number of carbonyl (C=O) groups is 2. The van der Waals surface area contributed by atoms with Gasteiger partial charge in [-0.1, -0.05) is 24.3 Å². The molecule has 5 atom stereocenters. The summed E-state index contributed by atoms with van der Waals surface area (Å²) in [5.74, 6) is -1.44. The van der Waals surface area contributed by atoms with Crippen molar-refractivity contribution in [1.29, 1.82) is 10.5 Å². The number of carbonyl (C=O) groups excluding carboxylic acids is 2. The predicted molar refractivity (Wildman–Crippen MR) is 231 cm³/mol. The Hall–Kier alpha value is -3.09. The molecule has 1 heterocycles. The van der Waals surface area contributed by atoms with Crippen LogP contribution < -0.4 is 43.8 Å². The van der Waals surface area contributed by atoms with Crippen LogP contribution >= 0.6 is 0 Å². The maximum Gasteiger partial charge on any atom is 1.00 e. The minimum absolute atomic E-state index is 0. The van der Waals surface area contributed by atoms with Crippen LogP contribution in [-0.2, 0) is 45.8 Å². The van der Waals surface area contributed by atoms with E-state index in [-0.39, 0.29) is 65.1 Å². The summed E-state index contributed by atoms with van der Waals surface area (Å²) in [5, 5.41) is 18.5. The van der Waals surface area contributed by atoms with Crippen molar-refractivity contribution in [3.63, 3.8) is 0 Å². The van der Waals surface area contributed by atoms with E-state index >= 15 is 0 Å². The van der Waals surface area contributed by atoms with Gasteiger partial charge < -0.3 is 25.1 Å².